The fraction of sp³-hybridized carbons (Fsp3) is 0.500. The molecule has 0 spiro atoms. The van der Waals surface area contributed by atoms with Crippen molar-refractivity contribution in [3.63, 3.8) is 0 Å². The van der Waals surface area contributed by atoms with Gasteiger partial charge in [-0.2, -0.15) is 0 Å². The molecule has 0 saturated carbocycles. The van der Waals surface area contributed by atoms with Crippen LogP contribution in [-0.2, 0) is 11.2 Å². The number of carbonyl (C=O) groups excluding carboxylic acids is 1. The zero-order valence-corrected chi connectivity index (χ0v) is 14.5. The Hall–Kier alpha value is -2.10. The van der Waals surface area contributed by atoms with Crippen LogP contribution in [0.1, 0.15) is 54.6 Å². The van der Waals surface area contributed by atoms with Crippen molar-refractivity contribution >= 4 is 11.8 Å². The van der Waals surface area contributed by atoms with E-state index in [1.54, 1.807) is 0 Å². The predicted octanol–water partition coefficient (Wildman–Crippen LogP) is 3.95. The van der Waals surface area contributed by atoms with E-state index in [0.717, 1.165) is 23.3 Å². The van der Waals surface area contributed by atoms with Crippen LogP contribution in [0.2, 0.25) is 0 Å². The standard InChI is InChI=1S/C20H24O4/c1-4-20(3)11-16-14(10-9-12(2)18(16)24-20)17(21)13-7-5-6-8-15(13)19(22)23/h5-6,9-10,13,15H,4,7-8,11H2,1-3H3,(H,22,23). The third-order valence-electron chi connectivity index (χ3n) is 5.46. The average molecular weight is 328 g/mol. The normalized spacial score (nSPS) is 28.3. The van der Waals surface area contributed by atoms with Crippen LogP contribution in [0.15, 0.2) is 24.3 Å². The van der Waals surface area contributed by atoms with Crippen molar-refractivity contribution in [1.82, 2.24) is 0 Å². The van der Waals surface area contributed by atoms with Gasteiger partial charge < -0.3 is 9.84 Å². The lowest BCUT2D eigenvalue weighted by Crippen LogP contribution is -2.32. The molecule has 1 aliphatic heterocycles. The van der Waals surface area contributed by atoms with Crippen molar-refractivity contribution in [3.8, 4) is 5.75 Å². The third-order valence-corrected chi connectivity index (χ3v) is 5.46. The van der Waals surface area contributed by atoms with Gasteiger partial charge in [0, 0.05) is 23.5 Å². The largest absolute Gasteiger partial charge is 0.487 e. The predicted molar refractivity (Wildman–Crippen MR) is 91.5 cm³/mol. The lowest BCUT2D eigenvalue weighted by atomic mass is 9.77. The van der Waals surface area contributed by atoms with E-state index < -0.39 is 17.8 Å². The van der Waals surface area contributed by atoms with E-state index in [0.29, 0.717) is 24.8 Å². The van der Waals surface area contributed by atoms with Gasteiger partial charge in [-0.05, 0) is 38.7 Å². The van der Waals surface area contributed by atoms with E-state index in [2.05, 4.69) is 13.8 Å². The van der Waals surface area contributed by atoms with Crippen LogP contribution in [0.5, 0.6) is 5.75 Å². The zero-order chi connectivity index (χ0) is 17.5. The first kappa shape index (κ1) is 16.7. The van der Waals surface area contributed by atoms with Gasteiger partial charge in [-0.15, -0.1) is 0 Å². The Morgan fingerprint density at radius 3 is 2.54 bits per heavy atom. The van der Waals surface area contributed by atoms with Crippen molar-refractivity contribution < 1.29 is 19.4 Å². The maximum Gasteiger partial charge on any atom is 0.307 e. The number of ketones is 1. The molecule has 3 atom stereocenters. The van der Waals surface area contributed by atoms with Gasteiger partial charge in [0.2, 0.25) is 0 Å². The van der Waals surface area contributed by atoms with Gasteiger partial charge in [-0.3, -0.25) is 9.59 Å². The maximum absolute atomic E-state index is 13.1. The number of ether oxygens (including phenoxy) is 1. The fourth-order valence-corrected chi connectivity index (χ4v) is 3.72. The number of carboxylic acids is 1. The molecule has 3 unspecified atom stereocenters. The van der Waals surface area contributed by atoms with Crippen LogP contribution < -0.4 is 4.74 Å². The molecule has 1 heterocycles. The van der Waals surface area contributed by atoms with Crippen molar-refractivity contribution in [2.75, 3.05) is 0 Å². The quantitative estimate of drug-likeness (QED) is 0.671. The first-order valence-corrected chi connectivity index (χ1v) is 8.60. The molecule has 4 heteroatoms. The van der Waals surface area contributed by atoms with Crippen molar-refractivity contribution in [3.05, 3.63) is 41.0 Å². The molecule has 3 rings (SSSR count). The van der Waals surface area contributed by atoms with Gasteiger partial charge in [0.25, 0.3) is 0 Å². The van der Waals surface area contributed by atoms with Gasteiger partial charge in [-0.1, -0.05) is 31.2 Å². The summed E-state index contributed by atoms with van der Waals surface area (Å²) in [5.74, 6) is -1.28. The lowest BCUT2D eigenvalue weighted by molar-refractivity contribution is -0.143. The molecule has 0 bridgehead atoms. The molecule has 1 aliphatic carbocycles. The minimum Gasteiger partial charge on any atom is -0.487 e. The van der Waals surface area contributed by atoms with Crippen LogP contribution in [0.3, 0.4) is 0 Å². The van der Waals surface area contributed by atoms with Crippen LogP contribution in [0.4, 0.5) is 0 Å². The summed E-state index contributed by atoms with van der Waals surface area (Å²) in [5.41, 5.74) is 2.32. The fourth-order valence-electron chi connectivity index (χ4n) is 3.72. The number of rotatable bonds is 4. The minimum absolute atomic E-state index is 0.0630. The molecule has 0 fully saturated rings. The highest BCUT2D eigenvalue weighted by Gasteiger charge is 2.40. The first-order valence-electron chi connectivity index (χ1n) is 8.60. The first-order chi connectivity index (χ1) is 11.4. The summed E-state index contributed by atoms with van der Waals surface area (Å²) in [7, 11) is 0. The Morgan fingerprint density at radius 2 is 1.92 bits per heavy atom. The van der Waals surface area contributed by atoms with Gasteiger partial charge in [-0.25, -0.2) is 0 Å². The van der Waals surface area contributed by atoms with Gasteiger partial charge in [0.1, 0.15) is 11.4 Å². The Kier molecular flexibility index (Phi) is 4.24. The Morgan fingerprint density at radius 1 is 1.25 bits per heavy atom. The molecule has 0 saturated heterocycles. The number of hydrogen-bond acceptors (Lipinski definition) is 3. The van der Waals surface area contributed by atoms with Crippen LogP contribution >= 0.6 is 0 Å². The van der Waals surface area contributed by atoms with Gasteiger partial charge in [0.15, 0.2) is 5.78 Å². The average Bonchev–Trinajstić information content (AvgIpc) is 2.94. The Bertz CT molecular complexity index is 719. The molecular weight excluding hydrogens is 304 g/mol. The second kappa shape index (κ2) is 6.08. The van der Waals surface area contributed by atoms with Crippen LogP contribution in [0, 0.1) is 18.8 Å². The molecule has 0 radical (unpaired) electrons. The smallest absolute Gasteiger partial charge is 0.307 e. The van der Waals surface area contributed by atoms with E-state index in [9.17, 15) is 14.7 Å². The monoisotopic (exact) mass is 328 g/mol. The van der Waals surface area contributed by atoms with Crippen LogP contribution in [-0.4, -0.2) is 22.5 Å². The highest BCUT2D eigenvalue weighted by Crippen LogP contribution is 2.42. The highest BCUT2D eigenvalue weighted by molar-refractivity contribution is 6.02. The molecule has 24 heavy (non-hydrogen) atoms. The summed E-state index contributed by atoms with van der Waals surface area (Å²) < 4.78 is 6.14. The number of carbonyl (C=O) groups is 2. The van der Waals surface area contributed by atoms with E-state index in [4.69, 9.17) is 4.74 Å². The topological polar surface area (TPSA) is 63.6 Å². The van der Waals surface area contributed by atoms with Crippen molar-refractivity contribution in [2.45, 2.75) is 52.1 Å². The Labute approximate surface area is 142 Å². The molecule has 4 nitrogen and oxygen atoms in total. The van der Waals surface area contributed by atoms with E-state index in [1.165, 1.54) is 0 Å². The number of fused-ring (bicyclic) bond motifs is 1. The highest BCUT2D eigenvalue weighted by atomic mass is 16.5. The van der Waals surface area contributed by atoms with E-state index in [-0.39, 0.29) is 11.4 Å². The Balaban J connectivity index is 1.99. The summed E-state index contributed by atoms with van der Waals surface area (Å²) in [6, 6.07) is 3.75. The molecule has 128 valence electrons. The lowest BCUT2D eigenvalue weighted by Gasteiger charge is -2.24. The number of aliphatic carboxylic acids is 1. The van der Waals surface area contributed by atoms with Crippen molar-refractivity contribution in [1.29, 1.82) is 0 Å². The number of carboxylic acid groups (broad SMARTS) is 1. The summed E-state index contributed by atoms with van der Waals surface area (Å²) in [5, 5.41) is 9.45. The second-order valence-corrected chi connectivity index (χ2v) is 7.18. The summed E-state index contributed by atoms with van der Waals surface area (Å²) in [6.07, 6.45) is 6.25. The molecule has 1 aromatic carbocycles. The third kappa shape index (κ3) is 2.74. The van der Waals surface area contributed by atoms with Gasteiger partial charge in [0.05, 0.1) is 5.92 Å². The van der Waals surface area contributed by atoms with E-state index >= 15 is 0 Å². The zero-order valence-electron chi connectivity index (χ0n) is 14.5. The van der Waals surface area contributed by atoms with Crippen molar-refractivity contribution in [2.24, 2.45) is 11.8 Å². The second-order valence-electron chi connectivity index (χ2n) is 7.18. The maximum atomic E-state index is 13.1. The molecule has 0 amide bonds. The number of aryl methyl sites for hydroxylation is 1. The molecular formula is C20H24O4. The summed E-state index contributed by atoms with van der Waals surface area (Å²) in [6.45, 7) is 6.12. The SMILES string of the molecule is CCC1(C)Cc2c(C(=O)C3CC=CCC3C(=O)O)ccc(C)c2O1. The van der Waals surface area contributed by atoms with E-state index in [1.807, 2.05) is 31.2 Å². The summed E-state index contributed by atoms with van der Waals surface area (Å²) >= 11 is 0. The number of benzene rings is 1. The summed E-state index contributed by atoms with van der Waals surface area (Å²) in [4.78, 5) is 24.7. The molecule has 1 N–H and O–H groups in total. The minimum atomic E-state index is -0.892. The molecule has 1 aromatic rings. The molecule has 0 aromatic heterocycles. The number of hydrogen-bond donors (Lipinski definition) is 1. The van der Waals surface area contributed by atoms with Gasteiger partial charge >= 0.3 is 5.97 Å². The number of allylic oxidation sites excluding steroid dienone is 2. The number of Topliss-reactive ketones (excluding diaryl/α,β-unsaturated/α-hetero) is 1. The van der Waals surface area contributed by atoms with Crippen LogP contribution in [0.25, 0.3) is 0 Å². The molecule has 2 aliphatic rings.